The van der Waals surface area contributed by atoms with Crippen molar-refractivity contribution in [1.29, 1.82) is 0 Å². The molecule has 6 heteroatoms. The van der Waals surface area contributed by atoms with Crippen molar-refractivity contribution in [2.75, 3.05) is 35.0 Å². The van der Waals surface area contributed by atoms with Gasteiger partial charge in [-0.2, -0.15) is 0 Å². The van der Waals surface area contributed by atoms with Gasteiger partial charge in [-0.1, -0.05) is 0 Å². The van der Waals surface area contributed by atoms with E-state index in [1.807, 2.05) is 0 Å². The van der Waals surface area contributed by atoms with E-state index in [-0.39, 0.29) is 12.7 Å². The Morgan fingerprint density at radius 1 is 1.00 bits per heavy atom. The van der Waals surface area contributed by atoms with Crippen LogP contribution in [0.15, 0.2) is 0 Å². The Bertz CT molecular complexity index is 231. The zero-order valence-electron chi connectivity index (χ0n) is 9.97. The van der Waals surface area contributed by atoms with Gasteiger partial charge in [-0.15, -0.1) is 0 Å². The minimum atomic E-state index is -0.796. The number of carbonyl (C=O) groups excluding carboxylic acids is 1. The monoisotopic (exact) mass is 234 g/mol. The molecule has 1 rings (SSSR count). The Kier molecular flexibility index (Phi) is 5.14. The second-order valence-corrected chi connectivity index (χ2v) is 3.46. The Labute approximate surface area is 94.7 Å². The zero-order chi connectivity index (χ0) is 12.1. The van der Waals surface area contributed by atoms with Gasteiger partial charge in [0, 0.05) is 28.4 Å². The molecule has 0 amide bonds. The van der Waals surface area contributed by atoms with Gasteiger partial charge in [-0.25, -0.2) is 4.79 Å². The highest BCUT2D eigenvalue weighted by Crippen LogP contribution is 2.20. The number of ether oxygens (including phenoxy) is 5. The molecule has 0 bridgehead atoms. The molecule has 0 N–H and O–H groups in total. The van der Waals surface area contributed by atoms with Crippen molar-refractivity contribution >= 4 is 5.97 Å². The summed E-state index contributed by atoms with van der Waals surface area (Å²) in [6.07, 6.45) is -2.12. The van der Waals surface area contributed by atoms with Crippen LogP contribution in [0.3, 0.4) is 0 Å². The SMILES string of the molecule is CO[C@H]1[C@H](OC)[C@@H](OC)C(=O)OC[C@H]1OC. The lowest BCUT2D eigenvalue weighted by molar-refractivity contribution is -0.164. The lowest BCUT2D eigenvalue weighted by Crippen LogP contribution is -2.48. The first-order chi connectivity index (χ1) is 7.69. The molecule has 0 aromatic heterocycles. The molecule has 4 atom stereocenters. The summed E-state index contributed by atoms with van der Waals surface area (Å²) in [4.78, 5) is 11.6. The molecule has 0 spiro atoms. The van der Waals surface area contributed by atoms with Gasteiger partial charge >= 0.3 is 5.97 Å². The second kappa shape index (κ2) is 6.15. The van der Waals surface area contributed by atoms with Gasteiger partial charge in [0.25, 0.3) is 0 Å². The topological polar surface area (TPSA) is 63.2 Å². The van der Waals surface area contributed by atoms with Crippen LogP contribution in [0.1, 0.15) is 0 Å². The molecule has 0 saturated carbocycles. The van der Waals surface area contributed by atoms with E-state index in [0.29, 0.717) is 0 Å². The Hall–Kier alpha value is -0.690. The second-order valence-electron chi connectivity index (χ2n) is 3.46. The first-order valence-corrected chi connectivity index (χ1v) is 4.97. The van der Waals surface area contributed by atoms with Crippen LogP contribution in [0.25, 0.3) is 0 Å². The molecular weight excluding hydrogens is 216 g/mol. The third kappa shape index (κ3) is 2.52. The summed E-state index contributed by atoms with van der Waals surface area (Å²) in [5.74, 6) is -0.462. The van der Waals surface area contributed by atoms with Gasteiger partial charge in [-0.05, 0) is 0 Å². The quantitative estimate of drug-likeness (QED) is 0.617. The number of hydrogen-bond acceptors (Lipinski definition) is 6. The maximum atomic E-state index is 11.6. The van der Waals surface area contributed by atoms with Crippen LogP contribution in [0, 0.1) is 0 Å². The highest BCUT2D eigenvalue weighted by Gasteiger charge is 2.43. The largest absolute Gasteiger partial charge is 0.461 e. The third-order valence-electron chi connectivity index (χ3n) is 2.71. The predicted octanol–water partition coefficient (Wildman–Crippen LogP) is -0.397. The van der Waals surface area contributed by atoms with E-state index in [0.717, 1.165) is 0 Å². The lowest BCUT2D eigenvalue weighted by Gasteiger charge is -2.29. The average Bonchev–Trinajstić information content (AvgIpc) is 2.44. The van der Waals surface area contributed by atoms with Gasteiger partial charge in [0.15, 0.2) is 6.10 Å². The van der Waals surface area contributed by atoms with E-state index in [1.165, 1.54) is 28.4 Å². The smallest absolute Gasteiger partial charge is 0.338 e. The number of hydrogen-bond donors (Lipinski definition) is 0. The van der Waals surface area contributed by atoms with E-state index in [1.54, 1.807) is 0 Å². The first kappa shape index (κ1) is 13.4. The van der Waals surface area contributed by atoms with E-state index < -0.39 is 24.3 Å². The maximum Gasteiger partial charge on any atom is 0.338 e. The summed E-state index contributed by atoms with van der Waals surface area (Å²) in [5.41, 5.74) is 0. The molecule has 0 unspecified atom stereocenters. The number of carbonyl (C=O) groups is 1. The van der Waals surface area contributed by atoms with Gasteiger partial charge in [0.05, 0.1) is 0 Å². The molecule has 94 valence electrons. The van der Waals surface area contributed by atoms with Crippen molar-refractivity contribution in [3.8, 4) is 0 Å². The van der Waals surface area contributed by atoms with Crippen LogP contribution in [-0.4, -0.2) is 65.4 Å². The van der Waals surface area contributed by atoms with Crippen molar-refractivity contribution in [2.45, 2.75) is 24.4 Å². The Morgan fingerprint density at radius 3 is 2.06 bits per heavy atom. The van der Waals surface area contributed by atoms with Gasteiger partial charge in [0.2, 0.25) is 0 Å². The molecule has 0 aromatic carbocycles. The molecule has 0 radical (unpaired) electrons. The summed E-state index contributed by atoms with van der Waals surface area (Å²) in [6, 6.07) is 0. The van der Waals surface area contributed by atoms with Crippen LogP contribution in [0.4, 0.5) is 0 Å². The third-order valence-corrected chi connectivity index (χ3v) is 2.71. The van der Waals surface area contributed by atoms with Crippen LogP contribution < -0.4 is 0 Å². The number of methoxy groups -OCH3 is 4. The molecule has 1 aliphatic heterocycles. The summed E-state index contributed by atoms with van der Waals surface area (Å²) < 4.78 is 25.9. The molecule has 1 aliphatic rings. The molecule has 6 nitrogen and oxygen atoms in total. The number of rotatable bonds is 4. The van der Waals surface area contributed by atoms with Crippen molar-refractivity contribution in [3.63, 3.8) is 0 Å². The fourth-order valence-corrected chi connectivity index (χ4v) is 1.84. The minimum absolute atomic E-state index is 0.133. The summed E-state index contributed by atoms with van der Waals surface area (Å²) >= 11 is 0. The first-order valence-electron chi connectivity index (χ1n) is 4.97. The molecule has 1 heterocycles. The fourth-order valence-electron chi connectivity index (χ4n) is 1.84. The highest BCUT2D eigenvalue weighted by molar-refractivity contribution is 5.76. The summed E-state index contributed by atoms with van der Waals surface area (Å²) in [7, 11) is 5.99. The van der Waals surface area contributed by atoms with Crippen LogP contribution in [0.5, 0.6) is 0 Å². The van der Waals surface area contributed by atoms with Crippen molar-refractivity contribution < 1.29 is 28.5 Å². The van der Waals surface area contributed by atoms with Crippen LogP contribution in [0.2, 0.25) is 0 Å². The van der Waals surface area contributed by atoms with Crippen molar-refractivity contribution in [2.24, 2.45) is 0 Å². The summed E-state index contributed by atoms with van der Waals surface area (Å²) in [6.45, 7) is 0.133. The van der Waals surface area contributed by atoms with E-state index >= 15 is 0 Å². The molecule has 1 saturated heterocycles. The lowest BCUT2D eigenvalue weighted by atomic mass is 10.0. The van der Waals surface area contributed by atoms with Gasteiger partial charge in [0.1, 0.15) is 24.9 Å². The predicted molar refractivity (Wildman–Crippen MR) is 54.1 cm³/mol. The average molecular weight is 234 g/mol. The zero-order valence-corrected chi connectivity index (χ0v) is 9.97. The van der Waals surface area contributed by atoms with Crippen molar-refractivity contribution in [3.05, 3.63) is 0 Å². The van der Waals surface area contributed by atoms with E-state index in [2.05, 4.69) is 0 Å². The van der Waals surface area contributed by atoms with Gasteiger partial charge in [-0.3, -0.25) is 0 Å². The fraction of sp³-hybridized carbons (Fsp3) is 0.900. The number of esters is 1. The Morgan fingerprint density at radius 2 is 1.62 bits per heavy atom. The molecule has 16 heavy (non-hydrogen) atoms. The van der Waals surface area contributed by atoms with Gasteiger partial charge < -0.3 is 23.7 Å². The van der Waals surface area contributed by atoms with Crippen LogP contribution >= 0.6 is 0 Å². The van der Waals surface area contributed by atoms with Crippen molar-refractivity contribution in [1.82, 2.24) is 0 Å². The molecule has 0 aromatic rings. The standard InChI is InChI=1S/C10H18O6/c1-12-6-5-16-10(11)9(15-4)8(14-3)7(6)13-2/h6-9H,5H2,1-4H3/t6-,7-,8+,9-/m1/s1. The minimum Gasteiger partial charge on any atom is -0.461 e. The van der Waals surface area contributed by atoms with E-state index in [4.69, 9.17) is 23.7 Å². The normalized spacial score (nSPS) is 35.6. The highest BCUT2D eigenvalue weighted by atomic mass is 16.6. The molecule has 0 aliphatic carbocycles. The number of cyclic esters (lactones) is 1. The Balaban J connectivity index is 2.93. The summed E-state index contributed by atoms with van der Waals surface area (Å²) in [5, 5.41) is 0. The maximum absolute atomic E-state index is 11.6. The molecule has 1 fully saturated rings. The molecular formula is C10H18O6. The van der Waals surface area contributed by atoms with E-state index in [9.17, 15) is 4.79 Å². The van der Waals surface area contributed by atoms with Crippen LogP contribution in [-0.2, 0) is 28.5 Å².